The van der Waals surface area contributed by atoms with Gasteiger partial charge in [-0.15, -0.1) is 0 Å². The molecule has 3 aromatic rings. The zero-order valence-electron chi connectivity index (χ0n) is 26.2. The van der Waals surface area contributed by atoms with E-state index in [0.717, 1.165) is 48.7 Å². The average Bonchev–Trinajstić information content (AvgIpc) is 3.06. The van der Waals surface area contributed by atoms with E-state index >= 15 is 0 Å². The van der Waals surface area contributed by atoms with E-state index in [9.17, 15) is 9.90 Å². The van der Waals surface area contributed by atoms with Crippen LogP contribution in [0.1, 0.15) is 18.4 Å². The van der Waals surface area contributed by atoms with Gasteiger partial charge in [0.05, 0.1) is 45.7 Å². The number of anilines is 2. The summed E-state index contributed by atoms with van der Waals surface area (Å²) in [4.78, 5) is 14.6. The molecule has 1 aliphatic heterocycles. The van der Waals surface area contributed by atoms with E-state index in [0.29, 0.717) is 50.2 Å². The number of aliphatic hydroxyl groups is 1. The number of fused-ring (bicyclic) bond motifs is 1. The fourth-order valence-corrected chi connectivity index (χ4v) is 4.77. The minimum atomic E-state index is -0.786. The maximum atomic E-state index is 12.4. The molecule has 0 saturated heterocycles. The van der Waals surface area contributed by atoms with Crippen LogP contribution in [0.4, 0.5) is 11.4 Å². The minimum Gasteiger partial charge on any atom is -0.496 e. The molecule has 0 spiro atoms. The highest BCUT2D eigenvalue weighted by Gasteiger charge is 2.19. The van der Waals surface area contributed by atoms with Gasteiger partial charge >= 0.3 is 0 Å². The lowest BCUT2D eigenvalue weighted by molar-refractivity contribution is -0.115. The van der Waals surface area contributed by atoms with Crippen LogP contribution in [-0.2, 0) is 20.9 Å². The molecule has 0 saturated carbocycles. The van der Waals surface area contributed by atoms with E-state index in [2.05, 4.69) is 15.5 Å². The first-order valence-corrected chi connectivity index (χ1v) is 15.3. The van der Waals surface area contributed by atoms with Gasteiger partial charge in [-0.05, 0) is 48.9 Å². The van der Waals surface area contributed by atoms with E-state index in [-0.39, 0.29) is 25.6 Å². The van der Waals surface area contributed by atoms with Gasteiger partial charge < -0.3 is 49.1 Å². The highest BCUT2D eigenvalue weighted by molar-refractivity contribution is 5.92. The van der Waals surface area contributed by atoms with Crippen molar-refractivity contribution >= 4 is 17.3 Å². The lowest BCUT2D eigenvalue weighted by Crippen LogP contribution is -2.36. The zero-order valence-corrected chi connectivity index (χ0v) is 26.2. The Kier molecular flexibility index (Phi) is 14.1. The molecule has 3 aromatic carbocycles. The molecule has 0 fully saturated rings. The Bertz CT molecular complexity index is 1310. The largest absolute Gasteiger partial charge is 0.496 e. The average molecular weight is 624 g/mol. The Morgan fingerprint density at radius 2 is 1.80 bits per heavy atom. The molecular weight excluding hydrogens is 578 g/mol. The van der Waals surface area contributed by atoms with Crippen LogP contribution in [-0.4, -0.2) is 90.6 Å². The molecule has 1 unspecified atom stereocenters. The number of carbonyl (C=O) groups is 1. The molecule has 1 aliphatic rings. The summed E-state index contributed by atoms with van der Waals surface area (Å²) >= 11 is 0. The third-order valence-corrected chi connectivity index (χ3v) is 7.06. The molecule has 0 aromatic heterocycles. The second-order valence-corrected chi connectivity index (χ2v) is 10.5. The van der Waals surface area contributed by atoms with Gasteiger partial charge in [0.15, 0.2) is 0 Å². The number of nitrogens with zero attached hydrogens (tertiary/aromatic N) is 1. The van der Waals surface area contributed by atoms with Crippen molar-refractivity contribution in [3.05, 3.63) is 72.3 Å². The predicted octanol–water partition coefficient (Wildman–Crippen LogP) is 3.88. The molecule has 1 amide bonds. The summed E-state index contributed by atoms with van der Waals surface area (Å²) in [5.74, 6) is 2.79. The lowest BCUT2D eigenvalue weighted by Gasteiger charge is -2.31. The summed E-state index contributed by atoms with van der Waals surface area (Å²) in [5.41, 5.74) is 2.65. The second-order valence-electron chi connectivity index (χ2n) is 10.5. The predicted molar refractivity (Wildman–Crippen MR) is 173 cm³/mol. The van der Waals surface area contributed by atoms with Crippen LogP contribution >= 0.6 is 0 Å². The van der Waals surface area contributed by atoms with Crippen LogP contribution in [0.25, 0.3) is 0 Å². The number of carbonyl (C=O) groups excluding carboxylic acids is 1. The quantitative estimate of drug-likeness (QED) is 0.160. The number of methoxy groups -OCH3 is 2. The highest BCUT2D eigenvalue weighted by atomic mass is 16.5. The number of hydrogen-bond donors (Lipinski definition) is 3. The molecule has 244 valence electrons. The van der Waals surface area contributed by atoms with E-state index < -0.39 is 6.10 Å². The first-order valence-electron chi connectivity index (χ1n) is 15.3. The van der Waals surface area contributed by atoms with Crippen LogP contribution in [0.3, 0.4) is 0 Å². The van der Waals surface area contributed by atoms with Gasteiger partial charge in [-0.2, -0.15) is 0 Å². The highest BCUT2D eigenvalue weighted by Crippen LogP contribution is 2.35. The van der Waals surface area contributed by atoms with Gasteiger partial charge in [0, 0.05) is 50.5 Å². The summed E-state index contributed by atoms with van der Waals surface area (Å²) in [7, 11) is 3.35. The maximum Gasteiger partial charge on any atom is 0.238 e. The number of nitrogens with one attached hydrogen (secondary N) is 2. The first-order chi connectivity index (χ1) is 22.1. The van der Waals surface area contributed by atoms with E-state index in [1.807, 2.05) is 54.6 Å². The molecule has 0 radical (unpaired) electrons. The molecular formula is C34H45N3O8. The van der Waals surface area contributed by atoms with E-state index in [4.69, 9.17) is 28.4 Å². The van der Waals surface area contributed by atoms with Crippen molar-refractivity contribution in [1.82, 2.24) is 5.32 Å². The van der Waals surface area contributed by atoms with Gasteiger partial charge in [0.25, 0.3) is 0 Å². The van der Waals surface area contributed by atoms with E-state index in [1.54, 1.807) is 26.4 Å². The fraction of sp³-hybridized carbons (Fsp3) is 0.441. The topological polar surface area (TPSA) is 120 Å². The number of hydrogen-bond acceptors (Lipinski definition) is 10. The maximum absolute atomic E-state index is 12.4. The van der Waals surface area contributed by atoms with E-state index in [1.165, 1.54) is 0 Å². The van der Waals surface area contributed by atoms with Gasteiger partial charge in [-0.25, -0.2) is 0 Å². The molecule has 45 heavy (non-hydrogen) atoms. The number of para-hydroxylation sites is 1. The van der Waals surface area contributed by atoms with Crippen molar-refractivity contribution in [2.24, 2.45) is 0 Å². The Morgan fingerprint density at radius 1 is 0.978 bits per heavy atom. The SMILES string of the molecule is COCCCN1CCOc2ccc(OCC(O)CNCC(=O)Nc3ccc(OCCCOCc4ccccc4OC)cc3)cc21. The van der Waals surface area contributed by atoms with Crippen molar-refractivity contribution in [2.75, 3.05) is 83.6 Å². The number of ether oxygens (including phenoxy) is 6. The van der Waals surface area contributed by atoms with Crippen molar-refractivity contribution in [2.45, 2.75) is 25.6 Å². The second kappa shape index (κ2) is 18.7. The zero-order chi connectivity index (χ0) is 31.7. The molecule has 11 nitrogen and oxygen atoms in total. The summed E-state index contributed by atoms with van der Waals surface area (Å²) in [5, 5.41) is 16.2. The van der Waals surface area contributed by atoms with Crippen LogP contribution in [0.5, 0.6) is 23.0 Å². The minimum absolute atomic E-state index is 0.0524. The van der Waals surface area contributed by atoms with Crippen molar-refractivity contribution in [3.8, 4) is 23.0 Å². The third kappa shape index (κ3) is 11.4. The van der Waals surface area contributed by atoms with Crippen LogP contribution in [0, 0.1) is 0 Å². The lowest BCUT2D eigenvalue weighted by atomic mass is 10.2. The molecule has 0 aliphatic carbocycles. The van der Waals surface area contributed by atoms with Gasteiger partial charge in [0.2, 0.25) is 5.91 Å². The Morgan fingerprint density at radius 3 is 2.62 bits per heavy atom. The summed E-state index contributed by atoms with van der Waals surface area (Å²) < 4.78 is 33.6. The van der Waals surface area contributed by atoms with Gasteiger partial charge in [-0.3, -0.25) is 4.79 Å². The van der Waals surface area contributed by atoms with Crippen molar-refractivity contribution < 1.29 is 38.3 Å². The molecule has 3 N–H and O–H groups in total. The smallest absolute Gasteiger partial charge is 0.238 e. The first kappa shape index (κ1) is 33.9. The molecule has 1 heterocycles. The monoisotopic (exact) mass is 623 g/mol. The number of rotatable bonds is 20. The number of amides is 1. The Labute approximate surface area is 265 Å². The summed E-state index contributed by atoms with van der Waals surface area (Å²) in [6, 6.07) is 20.6. The molecule has 1 atom stereocenters. The summed E-state index contributed by atoms with van der Waals surface area (Å²) in [6.45, 7) is 4.93. The fourth-order valence-electron chi connectivity index (χ4n) is 4.77. The Balaban J connectivity index is 1.07. The van der Waals surface area contributed by atoms with Crippen molar-refractivity contribution in [1.29, 1.82) is 0 Å². The van der Waals surface area contributed by atoms with Gasteiger partial charge in [-0.1, -0.05) is 18.2 Å². The standard InChI is InChI=1S/C34H45N3O8/c1-40-17-5-15-37-16-20-44-33-14-13-30(21-31(33)37)45-25-28(38)22-35-23-34(39)36-27-9-11-29(12-10-27)43-19-6-18-42-24-26-7-3-4-8-32(26)41-2/h3-4,7-14,21,28,35,38H,5-6,15-20,22-25H2,1-2H3,(H,36,39). The Hall–Kier alpha value is -4.03. The molecule has 11 heteroatoms. The molecule has 0 bridgehead atoms. The molecule has 4 rings (SSSR count). The van der Waals surface area contributed by atoms with Crippen LogP contribution in [0.15, 0.2) is 66.7 Å². The van der Waals surface area contributed by atoms with Gasteiger partial charge in [0.1, 0.15) is 42.3 Å². The number of aliphatic hydroxyl groups excluding tert-OH is 1. The van der Waals surface area contributed by atoms with Crippen LogP contribution in [0.2, 0.25) is 0 Å². The summed E-state index contributed by atoms with van der Waals surface area (Å²) in [6.07, 6.45) is 0.875. The van der Waals surface area contributed by atoms with Crippen molar-refractivity contribution in [3.63, 3.8) is 0 Å². The van der Waals surface area contributed by atoms with Crippen LogP contribution < -0.4 is 34.5 Å². The third-order valence-electron chi connectivity index (χ3n) is 7.06. The normalized spacial score (nSPS) is 13.0. The number of benzene rings is 3.